The Hall–Kier alpha value is -0.940. The fourth-order valence-corrected chi connectivity index (χ4v) is 2.19. The lowest BCUT2D eigenvalue weighted by molar-refractivity contribution is 0.874. The van der Waals surface area contributed by atoms with Crippen molar-refractivity contribution in [1.29, 1.82) is 0 Å². The van der Waals surface area contributed by atoms with Crippen LogP contribution in [0.5, 0.6) is 0 Å². The van der Waals surface area contributed by atoms with Crippen molar-refractivity contribution in [2.24, 2.45) is 7.05 Å². The Morgan fingerprint density at radius 2 is 2.13 bits per heavy atom. The van der Waals surface area contributed by atoms with Gasteiger partial charge in [-0.3, -0.25) is 4.79 Å². The summed E-state index contributed by atoms with van der Waals surface area (Å²) in [6, 6.07) is 1.67. The lowest BCUT2D eigenvalue weighted by atomic mass is 10.2. The Bertz CT molecular complexity index is 608. The summed E-state index contributed by atoms with van der Waals surface area (Å²) in [5.41, 5.74) is 1.28. The lowest BCUT2D eigenvalue weighted by Crippen LogP contribution is -2.18. The van der Waals surface area contributed by atoms with E-state index in [9.17, 15) is 4.79 Å². The number of hydrogen-bond donors (Lipinski definition) is 0. The first-order valence-electron chi connectivity index (χ1n) is 4.20. The van der Waals surface area contributed by atoms with Crippen LogP contribution in [0, 0.1) is 6.92 Å². The highest BCUT2D eigenvalue weighted by Gasteiger charge is 2.11. The average molecular weight is 289 g/mol. The molecule has 6 heteroatoms. The number of rotatable bonds is 0. The van der Waals surface area contributed by atoms with Crippen molar-refractivity contribution in [1.82, 2.24) is 14.8 Å². The minimum Gasteiger partial charge on any atom is -0.308 e. The molecule has 2 aromatic heterocycles. The summed E-state index contributed by atoms with van der Waals surface area (Å²) in [6.07, 6.45) is 0. The number of pyridine rings is 1. The Morgan fingerprint density at radius 3 is 2.80 bits per heavy atom. The molecule has 0 bridgehead atoms. The van der Waals surface area contributed by atoms with E-state index in [0.29, 0.717) is 20.8 Å². The van der Waals surface area contributed by atoms with Crippen LogP contribution in [0.3, 0.4) is 0 Å². The summed E-state index contributed by atoms with van der Waals surface area (Å²) < 4.78 is 1.97. The van der Waals surface area contributed by atoms with Crippen LogP contribution in [0.1, 0.15) is 5.69 Å². The molecule has 0 aliphatic heterocycles. The zero-order valence-corrected chi connectivity index (χ0v) is 10.4. The molecular weight excluding hydrogens is 281 g/mol. The van der Waals surface area contributed by atoms with Crippen LogP contribution in [0.2, 0.25) is 5.15 Å². The largest absolute Gasteiger partial charge is 0.308 e. The van der Waals surface area contributed by atoms with Crippen molar-refractivity contribution in [3.63, 3.8) is 0 Å². The molecule has 0 radical (unpaired) electrons. The highest BCUT2D eigenvalue weighted by molar-refractivity contribution is 9.10. The third-order valence-corrected chi connectivity index (χ3v) is 3.07. The van der Waals surface area contributed by atoms with Gasteiger partial charge in [0.25, 0.3) is 5.56 Å². The maximum Gasteiger partial charge on any atom is 0.265 e. The first-order chi connectivity index (χ1) is 7.02. The van der Waals surface area contributed by atoms with Crippen molar-refractivity contribution in [3.05, 3.63) is 31.7 Å². The third-order valence-electron chi connectivity index (χ3n) is 2.22. The van der Waals surface area contributed by atoms with E-state index in [0.717, 1.165) is 5.39 Å². The van der Waals surface area contributed by atoms with Crippen LogP contribution in [-0.4, -0.2) is 14.8 Å². The molecule has 4 nitrogen and oxygen atoms in total. The number of fused-ring (bicyclic) bond motifs is 1. The molecular formula is C9H7BrClN3O. The van der Waals surface area contributed by atoms with Gasteiger partial charge < -0.3 is 4.57 Å². The standard InChI is InChI=1S/C9H7BrClN3O/c1-4-7-5(8(11)13-12-4)3-6(10)9(15)14(7)2/h3H,1-2H3. The van der Waals surface area contributed by atoms with Crippen LogP contribution in [0.4, 0.5) is 0 Å². The van der Waals surface area contributed by atoms with Crippen LogP contribution >= 0.6 is 27.5 Å². The Balaban J connectivity index is 3.11. The Morgan fingerprint density at radius 1 is 1.47 bits per heavy atom. The van der Waals surface area contributed by atoms with Gasteiger partial charge in [0, 0.05) is 12.4 Å². The molecule has 0 saturated heterocycles. The quantitative estimate of drug-likeness (QED) is 0.745. The molecule has 0 aliphatic rings. The molecule has 0 aromatic carbocycles. The predicted octanol–water partition coefficient (Wildman–Crippen LogP) is 2.05. The normalized spacial score (nSPS) is 10.9. The number of aryl methyl sites for hydroxylation is 2. The summed E-state index contributed by atoms with van der Waals surface area (Å²) in [5, 5.41) is 8.70. The van der Waals surface area contributed by atoms with E-state index in [2.05, 4.69) is 26.1 Å². The fraction of sp³-hybridized carbons (Fsp3) is 0.222. The number of hydrogen-bond acceptors (Lipinski definition) is 3. The second-order valence-electron chi connectivity index (χ2n) is 3.19. The molecule has 78 valence electrons. The third kappa shape index (κ3) is 1.55. The molecule has 0 spiro atoms. The predicted molar refractivity (Wildman–Crippen MR) is 62.2 cm³/mol. The molecule has 0 amide bonds. The molecule has 15 heavy (non-hydrogen) atoms. The van der Waals surface area contributed by atoms with Gasteiger partial charge in [-0.1, -0.05) is 11.6 Å². The van der Waals surface area contributed by atoms with Gasteiger partial charge in [0.15, 0.2) is 5.15 Å². The molecule has 0 N–H and O–H groups in total. The number of aromatic nitrogens is 3. The van der Waals surface area contributed by atoms with E-state index in [4.69, 9.17) is 11.6 Å². The zero-order valence-electron chi connectivity index (χ0n) is 8.08. The number of halogens is 2. The highest BCUT2D eigenvalue weighted by Crippen LogP contribution is 2.23. The first-order valence-corrected chi connectivity index (χ1v) is 5.37. The summed E-state index contributed by atoms with van der Waals surface area (Å²) in [7, 11) is 1.68. The SMILES string of the molecule is Cc1nnc(Cl)c2cc(Br)c(=O)n(C)c12. The topological polar surface area (TPSA) is 47.8 Å². The first kappa shape index (κ1) is 10.6. The Labute approximate surface area is 99.0 Å². The maximum absolute atomic E-state index is 11.7. The van der Waals surface area contributed by atoms with Crippen LogP contribution < -0.4 is 5.56 Å². The molecule has 0 fully saturated rings. The van der Waals surface area contributed by atoms with E-state index in [1.807, 2.05) is 0 Å². The van der Waals surface area contributed by atoms with Crippen molar-refractivity contribution in [2.75, 3.05) is 0 Å². The van der Waals surface area contributed by atoms with Crippen molar-refractivity contribution >= 4 is 38.4 Å². The van der Waals surface area contributed by atoms with Gasteiger partial charge >= 0.3 is 0 Å². The van der Waals surface area contributed by atoms with Gasteiger partial charge in [0.1, 0.15) is 0 Å². The second-order valence-corrected chi connectivity index (χ2v) is 4.41. The minimum absolute atomic E-state index is 0.116. The van der Waals surface area contributed by atoms with Gasteiger partial charge in [-0.15, -0.1) is 5.10 Å². The second kappa shape index (κ2) is 3.57. The van der Waals surface area contributed by atoms with E-state index < -0.39 is 0 Å². The van der Waals surface area contributed by atoms with Crippen molar-refractivity contribution in [2.45, 2.75) is 6.92 Å². The molecule has 0 unspecified atom stereocenters. The monoisotopic (exact) mass is 287 g/mol. The van der Waals surface area contributed by atoms with Gasteiger partial charge in [-0.25, -0.2) is 0 Å². The molecule has 2 heterocycles. The van der Waals surface area contributed by atoms with E-state index in [1.54, 1.807) is 20.0 Å². The molecule has 0 atom stereocenters. The summed E-state index contributed by atoms with van der Waals surface area (Å²) in [6.45, 7) is 1.79. The molecule has 2 rings (SSSR count). The van der Waals surface area contributed by atoms with Gasteiger partial charge in [-0.2, -0.15) is 5.10 Å². The summed E-state index contributed by atoms with van der Waals surface area (Å²) >= 11 is 9.10. The van der Waals surface area contributed by atoms with Crippen molar-refractivity contribution in [3.8, 4) is 0 Å². The number of nitrogens with zero attached hydrogens (tertiary/aromatic N) is 3. The zero-order chi connectivity index (χ0) is 11.2. The highest BCUT2D eigenvalue weighted by atomic mass is 79.9. The average Bonchev–Trinajstić information content (AvgIpc) is 2.20. The maximum atomic E-state index is 11.7. The van der Waals surface area contributed by atoms with Crippen LogP contribution in [0.15, 0.2) is 15.3 Å². The van der Waals surface area contributed by atoms with Crippen LogP contribution in [0.25, 0.3) is 10.9 Å². The van der Waals surface area contributed by atoms with E-state index >= 15 is 0 Å². The van der Waals surface area contributed by atoms with Crippen molar-refractivity contribution < 1.29 is 0 Å². The van der Waals surface area contributed by atoms with Gasteiger partial charge in [0.2, 0.25) is 0 Å². The van der Waals surface area contributed by atoms with E-state index in [-0.39, 0.29) is 5.56 Å². The summed E-state index contributed by atoms with van der Waals surface area (Å²) in [5.74, 6) is 0. The Kier molecular flexibility index (Phi) is 2.52. The fourth-order valence-electron chi connectivity index (χ4n) is 1.51. The summed E-state index contributed by atoms with van der Waals surface area (Å²) in [4.78, 5) is 11.7. The smallest absolute Gasteiger partial charge is 0.265 e. The minimum atomic E-state index is -0.116. The molecule has 0 saturated carbocycles. The van der Waals surface area contributed by atoms with Gasteiger partial charge in [0.05, 0.1) is 15.7 Å². The van der Waals surface area contributed by atoms with Crippen LogP contribution in [-0.2, 0) is 7.05 Å². The van der Waals surface area contributed by atoms with E-state index in [1.165, 1.54) is 4.57 Å². The molecule has 2 aromatic rings. The lowest BCUT2D eigenvalue weighted by Gasteiger charge is -2.07. The molecule has 0 aliphatic carbocycles. The van der Waals surface area contributed by atoms with Gasteiger partial charge in [-0.05, 0) is 28.9 Å².